The normalized spacial score (nSPS) is 14.1. The molecule has 0 heterocycles. The molecular formula is C69H128N2O7P+. The maximum Gasteiger partial charge on any atom is 0.472 e. The molecule has 0 aliphatic rings. The first-order valence-electron chi connectivity index (χ1n) is 33.3. The number of hydrogen-bond acceptors (Lipinski definition) is 6. The number of allylic oxidation sites excluding steroid dienone is 11. The van der Waals surface area contributed by atoms with Gasteiger partial charge in [-0.2, -0.15) is 0 Å². The third-order valence-corrected chi connectivity index (χ3v) is 15.6. The number of carbonyl (C=O) groups is 2. The van der Waals surface area contributed by atoms with Crippen molar-refractivity contribution in [1.29, 1.82) is 0 Å². The fourth-order valence-electron chi connectivity index (χ4n) is 9.45. The summed E-state index contributed by atoms with van der Waals surface area (Å²) in [6.07, 6.45) is 76.2. The second kappa shape index (κ2) is 58.6. The van der Waals surface area contributed by atoms with E-state index in [1.54, 1.807) is 0 Å². The summed E-state index contributed by atoms with van der Waals surface area (Å²) in [6.45, 7) is 6.97. The highest BCUT2D eigenvalue weighted by molar-refractivity contribution is 7.47. The summed E-state index contributed by atoms with van der Waals surface area (Å²) in [5, 5.41) is 3.06. The number of nitrogens with zero attached hydrogens (tertiary/aromatic N) is 1. The number of likely N-dealkylation sites (N-methyl/N-ethyl adjacent to an activating group) is 1. The summed E-state index contributed by atoms with van der Waals surface area (Å²) in [5.74, 6) is -0.536. The van der Waals surface area contributed by atoms with Crippen molar-refractivity contribution in [3.8, 4) is 0 Å². The molecule has 3 atom stereocenters. The Hall–Kier alpha value is -2.55. The van der Waals surface area contributed by atoms with Gasteiger partial charge in [-0.25, -0.2) is 4.57 Å². The predicted molar refractivity (Wildman–Crippen MR) is 341 cm³/mol. The molecular weight excluding hydrogens is 1000 g/mol. The Bertz CT molecular complexity index is 1580. The van der Waals surface area contributed by atoms with Gasteiger partial charge in [0.05, 0.1) is 33.8 Å². The summed E-state index contributed by atoms with van der Waals surface area (Å²) in [7, 11) is 1.48. The lowest BCUT2D eigenvalue weighted by Gasteiger charge is -2.27. The smallest absolute Gasteiger partial charge is 0.456 e. The summed E-state index contributed by atoms with van der Waals surface area (Å²) < 4.78 is 30.7. The van der Waals surface area contributed by atoms with Crippen LogP contribution in [0.2, 0.25) is 0 Å². The molecule has 460 valence electrons. The highest BCUT2D eigenvalue weighted by atomic mass is 31.2. The highest BCUT2D eigenvalue weighted by Gasteiger charge is 2.30. The van der Waals surface area contributed by atoms with Crippen LogP contribution in [0.3, 0.4) is 0 Å². The minimum Gasteiger partial charge on any atom is -0.456 e. The van der Waals surface area contributed by atoms with E-state index in [0.29, 0.717) is 23.9 Å². The van der Waals surface area contributed by atoms with Crippen LogP contribution >= 0.6 is 7.82 Å². The number of hydrogen-bond donors (Lipinski definition) is 2. The van der Waals surface area contributed by atoms with Crippen LogP contribution in [0, 0.1) is 0 Å². The molecule has 0 saturated heterocycles. The van der Waals surface area contributed by atoms with Crippen molar-refractivity contribution < 1.29 is 37.3 Å². The summed E-state index contributed by atoms with van der Waals surface area (Å²) >= 11 is 0. The van der Waals surface area contributed by atoms with Gasteiger partial charge in [0.2, 0.25) is 5.91 Å². The van der Waals surface area contributed by atoms with E-state index in [1.807, 2.05) is 33.3 Å². The maximum absolute atomic E-state index is 13.6. The minimum atomic E-state index is -4.46. The van der Waals surface area contributed by atoms with Gasteiger partial charge in [0.25, 0.3) is 0 Å². The van der Waals surface area contributed by atoms with Gasteiger partial charge < -0.3 is 19.4 Å². The van der Waals surface area contributed by atoms with Crippen molar-refractivity contribution in [2.75, 3.05) is 40.9 Å². The van der Waals surface area contributed by atoms with Crippen LogP contribution < -0.4 is 5.32 Å². The molecule has 0 fully saturated rings. The van der Waals surface area contributed by atoms with Crippen LogP contribution in [-0.4, -0.2) is 74.3 Å². The lowest BCUT2D eigenvalue weighted by atomic mass is 10.0. The van der Waals surface area contributed by atoms with Gasteiger partial charge in [0.15, 0.2) is 0 Å². The number of esters is 1. The van der Waals surface area contributed by atoms with Crippen molar-refractivity contribution in [2.45, 2.75) is 315 Å². The Morgan fingerprint density at radius 1 is 0.443 bits per heavy atom. The molecule has 1 amide bonds. The third kappa shape index (κ3) is 59.9. The van der Waals surface area contributed by atoms with Gasteiger partial charge in [-0.05, 0) is 102 Å². The summed E-state index contributed by atoms with van der Waals surface area (Å²) in [4.78, 5) is 37.8. The topological polar surface area (TPSA) is 111 Å². The number of quaternary nitrogens is 1. The summed E-state index contributed by atoms with van der Waals surface area (Å²) in [5.41, 5.74) is 0. The number of carbonyl (C=O) groups excluding carboxylic acids is 2. The lowest BCUT2D eigenvalue weighted by molar-refractivity contribution is -0.870. The minimum absolute atomic E-state index is 0.0334. The van der Waals surface area contributed by atoms with E-state index in [1.165, 1.54) is 186 Å². The van der Waals surface area contributed by atoms with Gasteiger partial charge in [-0.3, -0.25) is 18.6 Å². The number of ether oxygens (including phenoxy) is 1. The molecule has 0 rings (SSSR count). The van der Waals surface area contributed by atoms with Crippen molar-refractivity contribution in [3.63, 3.8) is 0 Å². The molecule has 2 N–H and O–H groups in total. The Labute approximate surface area is 489 Å². The molecule has 10 heteroatoms. The van der Waals surface area contributed by atoms with Crippen molar-refractivity contribution in [2.24, 2.45) is 0 Å². The first-order chi connectivity index (χ1) is 38.4. The van der Waals surface area contributed by atoms with E-state index < -0.39 is 20.0 Å². The van der Waals surface area contributed by atoms with Crippen molar-refractivity contribution in [1.82, 2.24) is 5.32 Å². The SMILES string of the molecule is CCCCC/C=C\C/C=C\C/C=C\C/C=C\CCCCCC(=O)OC(/C=C\CCCCCCCCCCC)C(COP(=O)(O)OCC[N+](C)(C)C)NC(=O)CCCCCCCCCCCCCCC/C=C/CCCCCCCC. The van der Waals surface area contributed by atoms with E-state index in [9.17, 15) is 19.0 Å². The van der Waals surface area contributed by atoms with E-state index in [0.717, 1.165) is 77.0 Å². The van der Waals surface area contributed by atoms with Gasteiger partial charge in [0.1, 0.15) is 19.3 Å². The molecule has 79 heavy (non-hydrogen) atoms. The number of amides is 1. The first kappa shape index (κ1) is 76.5. The average molecular weight is 1130 g/mol. The molecule has 0 saturated carbocycles. The fraction of sp³-hybridized carbons (Fsp3) is 0.797. The average Bonchev–Trinajstić information content (AvgIpc) is 3.41. The van der Waals surface area contributed by atoms with E-state index in [4.69, 9.17) is 13.8 Å². The van der Waals surface area contributed by atoms with Crippen LogP contribution in [0.5, 0.6) is 0 Å². The monoisotopic (exact) mass is 1130 g/mol. The fourth-order valence-corrected chi connectivity index (χ4v) is 10.2. The summed E-state index contributed by atoms with van der Waals surface area (Å²) in [6, 6.07) is -0.863. The van der Waals surface area contributed by atoms with Crippen molar-refractivity contribution in [3.05, 3.63) is 72.9 Å². The first-order valence-corrected chi connectivity index (χ1v) is 34.8. The zero-order valence-corrected chi connectivity index (χ0v) is 53.5. The molecule has 0 spiro atoms. The molecule has 0 aliphatic heterocycles. The molecule has 0 aromatic rings. The number of unbranched alkanes of at least 4 members (excludes halogenated alkanes) is 34. The van der Waals surface area contributed by atoms with Gasteiger partial charge in [-0.15, -0.1) is 0 Å². The van der Waals surface area contributed by atoms with Crippen LogP contribution in [0.1, 0.15) is 303 Å². The van der Waals surface area contributed by atoms with E-state index >= 15 is 0 Å². The number of phosphoric acid groups is 1. The van der Waals surface area contributed by atoms with Crippen LogP contribution in [0.25, 0.3) is 0 Å². The molecule has 0 aromatic heterocycles. The van der Waals surface area contributed by atoms with E-state index in [-0.39, 0.29) is 31.5 Å². The van der Waals surface area contributed by atoms with Crippen LogP contribution in [-0.2, 0) is 27.9 Å². The molecule has 0 aliphatic carbocycles. The molecule has 0 radical (unpaired) electrons. The van der Waals surface area contributed by atoms with Gasteiger partial charge >= 0.3 is 13.8 Å². The van der Waals surface area contributed by atoms with Crippen LogP contribution in [0.4, 0.5) is 0 Å². The van der Waals surface area contributed by atoms with Crippen molar-refractivity contribution >= 4 is 19.7 Å². The molecule has 9 nitrogen and oxygen atoms in total. The number of rotatable bonds is 60. The zero-order valence-electron chi connectivity index (χ0n) is 52.6. The lowest BCUT2D eigenvalue weighted by Crippen LogP contribution is -2.47. The van der Waals surface area contributed by atoms with E-state index in [2.05, 4.69) is 86.8 Å². The zero-order chi connectivity index (χ0) is 57.9. The third-order valence-electron chi connectivity index (χ3n) is 14.6. The van der Waals surface area contributed by atoms with Crippen LogP contribution in [0.15, 0.2) is 72.9 Å². The standard InChI is InChI=1S/C69H127N2O7P/c1-7-10-13-16-19-22-25-27-29-31-33-34-35-36-38-39-41-43-46-49-52-55-58-61-68(72)70-66(65-77-79(74,75)76-64-63-71(4,5)6)67(60-57-54-51-48-45-24-21-18-15-12-9-3)78-69(73)62-59-56-53-50-47-44-42-40-37-32-30-28-26-23-20-17-14-11-8-2/h20,23,27-30,37,40,44,47,57,60,66-67H,7-19,21-22,24-26,31-36,38-39,41-43,45-46,48-56,58-59,61-65H2,1-6H3,(H-,70,72,74,75)/p+1/b23-20-,29-27+,30-28-,40-37-,47-44-,60-57-. The number of phosphoric ester groups is 1. The molecule has 3 unspecified atom stereocenters. The largest absolute Gasteiger partial charge is 0.472 e. The highest BCUT2D eigenvalue weighted by Crippen LogP contribution is 2.43. The Morgan fingerprint density at radius 2 is 0.772 bits per heavy atom. The molecule has 0 aromatic carbocycles. The second-order valence-electron chi connectivity index (χ2n) is 23.6. The maximum atomic E-state index is 13.6. The molecule has 0 bridgehead atoms. The second-order valence-corrected chi connectivity index (χ2v) is 25.1. The predicted octanol–water partition coefficient (Wildman–Crippen LogP) is 20.8. The van der Waals surface area contributed by atoms with Gasteiger partial charge in [0, 0.05) is 12.8 Å². The number of nitrogens with one attached hydrogen (secondary N) is 1. The Morgan fingerprint density at radius 3 is 1.20 bits per heavy atom. The Kier molecular flexibility index (Phi) is 56.7. The van der Waals surface area contributed by atoms with Gasteiger partial charge in [-0.1, -0.05) is 261 Å². The Balaban J connectivity index is 5.16. The quantitative estimate of drug-likeness (QED) is 0.0205.